The molecule has 2 aromatic carbocycles. The molecule has 208 valence electrons. The molecule has 0 unspecified atom stereocenters. The molecule has 5 heteroatoms. The van der Waals surface area contributed by atoms with Gasteiger partial charge in [0, 0.05) is 31.9 Å². The fourth-order valence-corrected chi connectivity index (χ4v) is 5.10. The number of nitrogens with one attached hydrogen (secondary N) is 1. The first-order valence-electron chi connectivity index (χ1n) is 15.2. The van der Waals surface area contributed by atoms with Crippen LogP contribution >= 0.6 is 0 Å². The maximum Gasteiger partial charge on any atom is 0.224 e. The molecular weight excluding hydrogens is 468 g/mol. The van der Waals surface area contributed by atoms with Crippen molar-refractivity contribution in [1.82, 2.24) is 9.97 Å². The van der Waals surface area contributed by atoms with Crippen LogP contribution in [0.5, 0.6) is 0 Å². The molecule has 0 aliphatic heterocycles. The number of hydrogen-bond donors (Lipinski definition) is 1. The molecule has 1 amide bonds. The van der Waals surface area contributed by atoms with Crippen molar-refractivity contribution in [3.05, 3.63) is 35.9 Å². The Bertz CT molecular complexity index is 1140. The number of fused-ring (bicyclic) bond motifs is 2. The van der Waals surface area contributed by atoms with E-state index in [1.165, 1.54) is 83.5 Å². The van der Waals surface area contributed by atoms with Crippen molar-refractivity contribution >= 4 is 39.3 Å². The molecule has 1 N–H and O–H groups in total. The lowest BCUT2D eigenvalue weighted by Gasteiger charge is -2.13. The maximum atomic E-state index is 12.6. The monoisotopic (exact) mass is 518 g/mol. The zero-order valence-electron chi connectivity index (χ0n) is 24.5. The summed E-state index contributed by atoms with van der Waals surface area (Å²) < 4.78 is 0. The highest BCUT2D eigenvalue weighted by Crippen LogP contribution is 2.26. The predicted molar refractivity (Wildman–Crippen MR) is 164 cm³/mol. The van der Waals surface area contributed by atoms with E-state index in [1.54, 1.807) is 0 Å². The molecule has 5 nitrogen and oxygen atoms in total. The summed E-state index contributed by atoms with van der Waals surface area (Å²) >= 11 is 0. The summed E-state index contributed by atoms with van der Waals surface area (Å²) in [4.78, 5) is 24.3. The first-order chi connectivity index (χ1) is 18.5. The van der Waals surface area contributed by atoms with Gasteiger partial charge < -0.3 is 10.2 Å². The lowest BCUT2D eigenvalue weighted by atomic mass is 10.0. The van der Waals surface area contributed by atoms with Crippen LogP contribution in [0.1, 0.15) is 115 Å². The third-order valence-electron chi connectivity index (χ3n) is 7.56. The van der Waals surface area contributed by atoms with Gasteiger partial charge in [-0.05, 0) is 49.2 Å². The molecule has 0 radical (unpaired) electrons. The van der Waals surface area contributed by atoms with E-state index in [0.717, 1.165) is 51.8 Å². The molecule has 1 heterocycles. The maximum absolute atomic E-state index is 12.6. The summed E-state index contributed by atoms with van der Waals surface area (Å²) in [5, 5.41) is 3.11. The van der Waals surface area contributed by atoms with Crippen molar-refractivity contribution in [2.45, 2.75) is 117 Å². The Hall–Kier alpha value is -2.69. The fourth-order valence-electron chi connectivity index (χ4n) is 5.10. The number of aromatic nitrogens is 2. The third kappa shape index (κ3) is 9.89. The molecule has 0 aliphatic carbocycles. The molecule has 0 spiro atoms. The second-order valence-corrected chi connectivity index (χ2v) is 11.2. The third-order valence-corrected chi connectivity index (χ3v) is 7.56. The fraction of sp³-hybridized carbons (Fsp3) is 0.606. The number of anilines is 2. The number of benzene rings is 2. The van der Waals surface area contributed by atoms with E-state index in [9.17, 15) is 4.79 Å². The molecule has 0 aliphatic rings. The minimum atomic E-state index is 0.0887. The Labute approximate surface area is 230 Å². The number of amides is 1. The van der Waals surface area contributed by atoms with Crippen molar-refractivity contribution in [3.63, 3.8) is 0 Å². The number of hydrogen-bond acceptors (Lipinski definition) is 4. The van der Waals surface area contributed by atoms with Gasteiger partial charge in [0.05, 0.1) is 22.1 Å². The average Bonchev–Trinajstić information content (AvgIpc) is 2.90. The summed E-state index contributed by atoms with van der Waals surface area (Å²) in [5.41, 5.74) is 6.35. The van der Waals surface area contributed by atoms with Crippen molar-refractivity contribution in [1.29, 1.82) is 0 Å². The zero-order valence-corrected chi connectivity index (χ0v) is 24.5. The number of carbonyl (C=O) groups is 1. The van der Waals surface area contributed by atoms with Gasteiger partial charge in [0.1, 0.15) is 0 Å². The van der Waals surface area contributed by atoms with Gasteiger partial charge in [-0.25, -0.2) is 9.97 Å². The van der Waals surface area contributed by atoms with Crippen molar-refractivity contribution in [3.8, 4) is 0 Å². The Balaban J connectivity index is 1.32. The molecule has 0 bridgehead atoms. The van der Waals surface area contributed by atoms with Crippen LogP contribution in [0.2, 0.25) is 0 Å². The molecule has 3 rings (SSSR count). The molecule has 3 aromatic rings. The topological polar surface area (TPSA) is 58.1 Å². The Morgan fingerprint density at radius 2 is 1.18 bits per heavy atom. The van der Waals surface area contributed by atoms with Gasteiger partial charge in [0.15, 0.2) is 0 Å². The average molecular weight is 519 g/mol. The van der Waals surface area contributed by atoms with Gasteiger partial charge in [-0.15, -0.1) is 0 Å². The van der Waals surface area contributed by atoms with Crippen molar-refractivity contribution in [2.75, 3.05) is 24.3 Å². The van der Waals surface area contributed by atoms with Crippen LogP contribution in [-0.2, 0) is 4.79 Å². The number of unbranched alkanes of at least 4 members (excludes halogenated alkanes) is 14. The second-order valence-electron chi connectivity index (χ2n) is 11.2. The quantitative estimate of drug-likeness (QED) is 0.135. The van der Waals surface area contributed by atoms with E-state index in [2.05, 4.69) is 29.3 Å². The van der Waals surface area contributed by atoms with E-state index < -0.39 is 0 Å². The predicted octanol–water partition coefficient (Wildman–Crippen LogP) is 9.36. The first kappa shape index (κ1) is 29.9. The van der Waals surface area contributed by atoms with Gasteiger partial charge in [-0.1, -0.05) is 96.8 Å². The summed E-state index contributed by atoms with van der Waals surface area (Å²) in [5.74, 6) is 0.0887. The van der Waals surface area contributed by atoms with Crippen LogP contribution in [0.4, 0.5) is 11.4 Å². The zero-order chi connectivity index (χ0) is 27.2. The molecule has 38 heavy (non-hydrogen) atoms. The highest BCUT2D eigenvalue weighted by atomic mass is 16.1. The van der Waals surface area contributed by atoms with Crippen LogP contribution in [0.15, 0.2) is 30.3 Å². The second kappa shape index (κ2) is 16.3. The van der Waals surface area contributed by atoms with E-state index in [0.29, 0.717) is 6.42 Å². The summed E-state index contributed by atoms with van der Waals surface area (Å²) in [6.45, 7) is 4.30. The SMILES string of the molecule is CCCCCCCCCCCCCCCCCC(=O)Nc1cc2nc3cc(N(C)C)ccc3nc2cc1C. The molecule has 0 atom stereocenters. The Morgan fingerprint density at radius 1 is 0.684 bits per heavy atom. The van der Waals surface area contributed by atoms with Crippen LogP contribution in [0.25, 0.3) is 22.1 Å². The van der Waals surface area contributed by atoms with E-state index in [-0.39, 0.29) is 5.91 Å². The number of carbonyl (C=O) groups excluding carboxylic acids is 1. The van der Waals surface area contributed by atoms with Crippen molar-refractivity contribution in [2.24, 2.45) is 0 Å². The van der Waals surface area contributed by atoms with Gasteiger partial charge in [0.25, 0.3) is 0 Å². The Morgan fingerprint density at radius 3 is 1.76 bits per heavy atom. The molecule has 1 aromatic heterocycles. The molecule has 0 saturated carbocycles. The molecule has 0 saturated heterocycles. The van der Waals surface area contributed by atoms with Crippen LogP contribution < -0.4 is 10.2 Å². The highest BCUT2D eigenvalue weighted by molar-refractivity contribution is 5.95. The highest BCUT2D eigenvalue weighted by Gasteiger charge is 2.10. The van der Waals surface area contributed by atoms with Crippen LogP contribution in [0.3, 0.4) is 0 Å². The molecular formula is C33H50N4O. The minimum absolute atomic E-state index is 0.0887. The summed E-state index contributed by atoms with van der Waals surface area (Å²) in [6.07, 6.45) is 20.5. The van der Waals surface area contributed by atoms with Crippen LogP contribution in [0, 0.1) is 6.92 Å². The summed E-state index contributed by atoms with van der Waals surface area (Å²) in [6, 6.07) is 10.1. The number of nitrogens with zero attached hydrogens (tertiary/aromatic N) is 3. The lowest BCUT2D eigenvalue weighted by Crippen LogP contribution is -2.12. The van der Waals surface area contributed by atoms with E-state index in [4.69, 9.17) is 9.97 Å². The Kier molecular flexibility index (Phi) is 12.8. The largest absolute Gasteiger partial charge is 0.378 e. The standard InChI is InChI=1S/C33H50N4O/c1-5-6-7-8-9-10-11-12-13-14-15-16-17-18-19-20-33(38)36-29-25-32-30(23-26(29)2)34-28-22-21-27(37(3)4)24-31(28)35-32/h21-25H,5-20H2,1-4H3,(H,36,38). The normalized spacial score (nSPS) is 11.4. The van der Waals surface area contributed by atoms with E-state index >= 15 is 0 Å². The van der Waals surface area contributed by atoms with Gasteiger partial charge in [-0.3, -0.25) is 4.79 Å². The number of rotatable bonds is 18. The van der Waals surface area contributed by atoms with Crippen molar-refractivity contribution < 1.29 is 4.79 Å². The lowest BCUT2D eigenvalue weighted by molar-refractivity contribution is -0.116. The molecule has 0 fully saturated rings. The first-order valence-corrected chi connectivity index (χ1v) is 15.2. The van der Waals surface area contributed by atoms with Gasteiger partial charge >= 0.3 is 0 Å². The summed E-state index contributed by atoms with van der Waals surface area (Å²) in [7, 11) is 4.04. The van der Waals surface area contributed by atoms with E-state index in [1.807, 2.05) is 39.2 Å². The van der Waals surface area contributed by atoms with Crippen LogP contribution in [-0.4, -0.2) is 30.0 Å². The number of aryl methyl sites for hydroxylation is 1. The minimum Gasteiger partial charge on any atom is -0.378 e. The van der Waals surface area contributed by atoms with Gasteiger partial charge in [0.2, 0.25) is 5.91 Å². The smallest absolute Gasteiger partial charge is 0.224 e. The van der Waals surface area contributed by atoms with Gasteiger partial charge in [-0.2, -0.15) is 0 Å².